The van der Waals surface area contributed by atoms with Crippen molar-refractivity contribution >= 4 is 17.3 Å². The fraction of sp³-hybridized carbons (Fsp3) is 0.647. The lowest BCUT2D eigenvalue weighted by Gasteiger charge is -2.27. The summed E-state index contributed by atoms with van der Waals surface area (Å²) < 4.78 is 5.27. The molecular weight excluding hydrogens is 284 g/mol. The average molecular weight is 311 g/mol. The van der Waals surface area contributed by atoms with E-state index in [9.17, 15) is 0 Å². The van der Waals surface area contributed by atoms with Crippen LogP contribution < -0.4 is 10.5 Å². The number of hydrogen-bond donors (Lipinski definition) is 1. The first-order valence-corrected chi connectivity index (χ1v) is 8.28. The second-order valence-corrected chi connectivity index (χ2v) is 6.61. The number of halogens is 1. The summed E-state index contributed by atoms with van der Waals surface area (Å²) in [4.78, 5) is 2.43. The van der Waals surface area contributed by atoms with E-state index < -0.39 is 0 Å². The topological polar surface area (TPSA) is 38.5 Å². The van der Waals surface area contributed by atoms with E-state index in [-0.39, 0.29) is 0 Å². The van der Waals surface area contributed by atoms with Crippen LogP contribution in [0.3, 0.4) is 0 Å². The number of hydrogen-bond acceptors (Lipinski definition) is 3. The molecule has 0 heterocycles. The number of ether oxygens (including phenoxy) is 1. The third kappa shape index (κ3) is 4.79. The first kappa shape index (κ1) is 16.4. The Balaban J connectivity index is 1.86. The van der Waals surface area contributed by atoms with Crippen LogP contribution in [0.5, 0.6) is 5.75 Å². The highest BCUT2D eigenvalue weighted by Gasteiger charge is 2.15. The Bertz CT molecular complexity index is 458. The number of nitrogen functional groups attached to an aromatic ring is 1. The maximum atomic E-state index is 6.28. The van der Waals surface area contributed by atoms with Crippen molar-refractivity contribution in [3.63, 3.8) is 0 Å². The van der Waals surface area contributed by atoms with Gasteiger partial charge in [-0.2, -0.15) is 0 Å². The lowest BCUT2D eigenvalue weighted by Crippen LogP contribution is -2.28. The van der Waals surface area contributed by atoms with Gasteiger partial charge in [-0.1, -0.05) is 30.9 Å². The van der Waals surface area contributed by atoms with E-state index in [0.717, 1.165) is 29.5 Å². The minimum Gasteiger partial charge on any atom is -0.495 e. The van der Waals surface area contributed by atoms with Gasteiger partial charge in [0.1, 0.15) is 5.75 Å². The van der Waals surface area contributed by atoms with Gasteiger partial charge in [0, 0.05) is 18.1 Å². The highest BCUT2D eigenvalue weighted by atomic mass is 35.5. The van der Waals surface area contributed by atoms with Gasteiger partial charge in [-0.15, -0.1) is 0 Å². The quantitative estimate of drug-likeness (QED) is 0.808. The molecule has 0 bridgehead atoms. The van der Waals surface area contributed by atoms with E-state index in [1.54, 1.807) is 13.2 Å². The molecule has 0 atom stereocenters. The molecule has 21 heavy (non-hydrogen) atoms. The van der Waals surface area contributed by atoms with Crippen molar-refractivity contribution in [3.8, 4) is 5.75 Å². The predicted octanol–water partition coefficient (Wildman–Crippen LogP) is 3.99. The van der Waals surface area contributed by atoms with Crippen molar-refractivity contribution in [2.45, 2.75) is 38.5 Å². The molecule has 118 valence electrons. The van der Waals surface area contributed by atoms with Crippen LogP contribution in [-0.2, 0) is 6.42 Å². The van der Waals surface area contributed by atoms with Crippen LogP contribution in [0, 0.1) is 5.92 Å². The minimum absolute atomic E-state index is 0.599. The number of rotatable bonds is 6. The van der Waals surface area contributed by atoms with Crippen molar-refractivity contribution < 1.29 is 4.74 Å². The molecule has 1 aromatic carbocycles. The fourth-order valence-corrected chi connectivity index (χ4v) is 3.46. The van der Waals surface area contributed by atoms with Crippen LogP contribution in [-0.4, -0.2) is 32.1 Å². The summed E-state index contributed by atoms with van der Waals surface area (Å²) in [5.74, 6) is 1.59. The Morgan fingerprint density at radius 3 is 2.67 bits per heavy atom. The van der Waals surface area contributed by atoms with E-state index in [0.29, 0.717) is 11.4 Å². The Kier molecular flexibility index (Phi) is 6.19. The first-order valence-electron chi connectivity index (χ1n) is 7.90. The van der Waals surface area contributed by atoms with Crippen LogP contribution in [0.2, 0.25) is 5.02 Å². The van der Waals surface area contributed by atoms with Crippen LogP contribution in [0.25, 0.3) is 0 Å². The third-order valence-corrected chi connectivity index (χ3v) is 4.81. The van der Waals surface area contributed by atoms with E-state index >= 15 is 0 Å². The Morgan fingerprint density at radius 2 is 2.00 bits per heavy atom. The predicted molar refractivity (Wildman–Crippen MR) is 90.2 cm³/mol. The molecule has 1 aliphatic carbocycles. The average Bonchev–Trinajstić information content (AvgIpc) is 2.47. The van der Waals surface area contributed by atoms with Crippen molar-refractivity contribution in [1.82, 2.24) is 4.90 Å². The van der Waals surface area contributed by atoms with E-state index in [1.165, 1.54) is 38.6 Å². The summed E-state index contributed by atoms with van der Waals surface area (Å²) in [6.45, 7) is 2.22. The number of nitrogens with two attached hydrogens (primary N) is 1. The van der Waals surface area contributed by atoms with Crippen molar-refractivity contribution in [2.24, 2.45) is 5.92 Å². The minimum atomic E-state index is 0.599. The van der Waals surface area contributed by atoms with Gasteiger partial charge in [-0.25, -0.2) is 0 Å². The summed E-state index contributed by atoms with van der Waals surface area (Å²) in [5, 5.41) is 0.736. The molecule has 0 aromatic heterocycles. The van der Waals surface area contributed by atoms with Crippen molar-refractivity contribution in [1.29, 1.82) is 0 Å². The number of benzene rings is 1. The van der Waals surface area contributed by atoms with Gasteiger partial charge in [0.05, 0.1) is 12.8 Å². The molecule has 3 nitrogen and oxygen atoms in total. The molecule has 0 radical (unpaired) electrons. The smallest absolute Gasteiger partial charge is 0.142 e. The standard InChI is InChI=1S/C17H27ClN2O/c1-20(12-13-6-4-3-5-7-13)9-8-14-10-17(21-2)16(19)11-15(14)18/h10-11,13H,3-9,12,19H2,1-2H3. The molecule has 4 heteroatoms. The van der Waals surface area contributed by atoms with Gasteiger partial charge >= 0.3 is 0 Å². The molecule has 0 amide bonds. The molecule has 0 saturated heterocycles. The van der Waals surface area contributed by atoms with Gasteiger partial charge in [0.15, 0.2) is 0 Å². The number of anilines is 1. The maximum Gasteiger partial charge on any atom is 0.142 e. The maximum absolute atomic E-state index is 6.28. The molecule has 1 saturated carbocycles. The first-order chi connectivity index (χ1) is 10.1. The van der Waals surface area contributed by atoms with Crippen molar-refractivity contribution in [3.05, 3.63) is 22.7 Å². The molecule has 1 aromatic rings. The van der Waals surface area contributed by atoms with Gasteiger partial charge in [0.2, 0.25) is 0 Å². The molecule has 2 rings (SSSR count). The molecule has 0 unspecified atom stereocenters. The summed E-state index contributed by atoms with van der Waals surface area (Å²) in [6.07, 6.45) is 7.93. The van der Waals surface area contributed by atoms with Gasteiger partial charge < -0.3 is 15.4 Å². The van der Waals surface area contributed by atoms with Crippen LogP contribution in [0.15, 0.2) is 12.1 Å². The zero-order chi connectivity index (χ0) is 15.2. The Labute approximate surface area is 133 Å². The lowest BCUT2D eigenvalue weighted by molar-refractivity contribution is 0.235. The van der Waals surface area contributed by atoms with Crippen LogP contribution in [0.4, 0.5) is 5.69 Å². The van der Waals surface area contributed by atoms with Crippen molar-refractivity contribution in [2.75, 3.05) is 33.0 Å². The Hall–Kier alpha value is -0.930. The highest BCUT2D eigenvalue weighted by Crippen LogP contribution is 2.29. The molecule has 1 aliphatic rings. The van der Waals surface area contributed by atoms with Gasteiger partial charge in [-0.05, 0) is 49.9 Å². The normalized spacial score (nSPS) is 16.4. The molecule has 1 fully saturated rings. The number of methoxy groups -OCH3 is 1. The second kappa shape index (κ2) is 7.90. The zero-order valence-electron chi connectivity index (χ0n) is 13.2. The summed E-state index contributed by atoms with van der Waals surface area (Å²) in [6, 6.07) is 3.75. The number of likely N-dealkylation sites (N-methyl/N-ethyl adjacent to an activating group) is 1. The molecular formula is C17H27ClN2O. The van der Waals surface area contributed by atoms with E-state index in [2.05, 4.69) is 11.9 Å². The van der Waals surface area contributed by atoms with Gasteiger partial charge in [0.25, 0.3) is 0 Å². The fourth-order valence-electron chi connectivity index (χ4n) is 3.19. The zero-order valence-corrected chi connectivity index (χ0v) is 14.0. The molecule has 0 aliphatic heterocycles. The summed E-state index contributed by atoms with van der Waals surface area (Å²) in [7, 11) is 3.84. The lowest BCUT2D eigenvalue weighted by atomic mass is 9.89. The Morgan fingerprint density at radius 1 is 1.29 bits per heavy atom. The SMILES string of the molecule is COc1cc(CCN(C)CC2CCCCC2)c(Cl)cc1N. The van der Waals surface area contributed by atoms with E-state index in [1.807, 2.05) is 6.07 Å². The molecule has 2 N–H and O–H groups in total. The monoisotopic (exact) mass is 310 g/mol. The van der Waals surface area contributed by atoms with Gasteiger partial charge in [-0.3, -0.25) is 0 Å². The third-order valence-electron chi connectivity index (χ3n) is 4.46. The summed E-state index contributed by atoms with van der Waals surface area (Å²) >= 11 is 6.28. The highest BCUT2D eigenvalue weighted by molar-refractivity contribution is 6.31. The van der Waals surface area contributed by atoms with Crippen LogP contribution >= 0.6 is 11.6 Å². The second-order valence-electron chi connectivity index (χ2n) is 6.20. The molecule has 0 spiro atoms. The number of nitrogens with zero attached hydrogens (tertiary/aromatic N) is 1. The largest absolute Gasteiger partial charge is 0.495 e. The van der Waals surface area contributed by atoms with E-state index in [4.69, 9.17) is 22.1 Å². The summed E-state index contributed by atoms with van der Waals surface area (Å²) in [5.41, 5.74) is 7.57. The van der Waals surface area contributed by atoms with Crippen LogP contribution in [0.1, 0.15) is 37.7 Å².